The molecule has 0 rings (SSSR count). The van der Waals surface area contributed by atoms with Crippen LogP contribution in [0, 0.1) is 0 Å². The van der Waals surface area contributed by atoms with E-state index >= 15 is 0 Å². The summed E-state index contributed by atoms with van der Waals surface area (Å²) in [6.07, 6.45) is 39.9. The Bertz CT molecular complexity index is 416. The van der Waals surface area contributed by atoms with Gasteiger partial charge < -0.3 is 14.4 Å². The van der Waals surface area contributed by atoms with E-state index in [1.54, 1.807) is 7.11 Å². The molecule has 0 atom stereocenters. The van der Waals surface area contributed by atoms with Crippen molar-refractivity contribution in [2.75, 3.05) is 40.5 Å². The molecule has 0 aliphatic heterocycles. The summed E-state index contributed by atoms with van der Waals surface area (Å²) >= 11 is 0. The van der Waals surface area contributed by atoms with Gasteiger partial charge in [-0.05, 0) is 39.3 Å². The third-order valence-corrected chi connectivity index (χ3v) is 8.89. The number of hydrogen-bond acceptors (Lipinski definition) is 3. The maximum Gasteiger partial charge on any atom is 0.0700 e. The van der Waals surface area contributed by atoms with Crippen molar-refractivity contribution in [3.8, 4) is 0 Å². The number of methoxy groups -OCH3 is 1. The average Bonchev–Trinajstić information content (AvgIpc) is 2.96. The van der Waals surface area contributed by atoms with E-state index in [1.807, 2.05) is 0 Å². The van der Waals surface area contributed by atoms with Crippen molar-refractivity contribution in [1.82, 2.24) is 4.90 Å². The molecule has 0 saturated carbocycles. The molecule has 242 valence electrons. The van der Waals surface area contributed by atoms with Gasteiger partial charge >= 0.3 is 0 Å². The molecule has 3 heteroatoms. The standard InChI is InChI=1S/C37H77NO2/c1-5-7-9-11-13-15-17-19-21-23-25-27-31-37(38(3)33-29-30-34-40-36-35-39-4)32-28-26-24-22-20-18-16-14-12-10-8-6-2/h37H,5-36H2,1-4H3. The third kappa shape index (κ3) is 30.8. The summed E-state index contributed by atoms with van der Waals surface area (Å²) in [5, 5.41) is 0. The van der Waals surface area contributed by atoms with Gasteiger partial charge in [0, 0.05) is 19.8 Å². The highest BCUT2D eigenvalue weighted by Crippen LogP contribution is 2.19. The molecule has 0 amide bonds. The van der Waals surface area contributed by atoms with Crippen LogP contribution in [-0.2, 0) is 9.47 Å². The molecule has 0 N–H and O–H groups in total. The molecule has 0 aliphatic rings. The topological polar surface area (TPSA) is 21.7 Å². The first-order valence-electron chi connectivity index (χ1n) is 18.5. The van der Waals surface area contributed by atoms with E-state index in [4.69, 9.17) is 9.47 Å². The molecule has 0 heterocycles. The second kappa shape index (κ2) is 35.1. The lowest BCUT2D eigenvalue weighted by Gasteiger charge is -2.28. The Balaban J connectivity index is 4.00. The van der Waals surface area contributed by atoms with Crippen LogP contribution in [0.3, 0.4) is 0 Å². The molecular formula is C37H77NO2. The number of ether oxygens (including phenoxy) is 2. The molecule has 0 radical (unpaired) electrons. The van der Waals surface area contributed by atoms with Gasteiger partial charge in [0.1, 0.15) is 0 Å². The van der Waals surface area contributed by atoms with Gasteiger partial charge in [-0.2, -0.15) is 0 Å². The lowest BCUT2D eigenvalue weighted by Crippen LogP contribution is -2.32. The molecule has 0 spiro atoms. The molecule has 0 bridgehead atoms. The van der Waals surface area contributed by atoms with Crippen molar-refractivity contribution in [3.63, 3.8) is 0 Å². The first kappa shape index (κ1) is 39.9. The zero-order valence-electron chi connectivity index (χ0n) is 28.5. The van der Waals surface area contributed by atoms with Crippen LogP contribution in [0.25, 0.3) is 0 Å². The first-order chi connectivity index (χ1) is 19.8. The zero-order valence-corrected chi connectivity index (χ0v) is 28.5. The summed E-state index contributed by atoms with van der Waals surface area (Å²) in [5.74, 6) is 0. The van der Waals surface area contributed by atoms with Crippen LogP contribution in [0.4, 0.5) is 0 Å². The fraction of sp³-hybridized carbons (Fsp3) is 1.00. The Morgan fingerprint density at radius 1 is 0.425 bits per heavy atom. The minimum atomic E-state index is 0.708. The number of hydrogen-bond donors (Lipinski definition) is 0. The van der Waals surface area contributed by atoms with Gasteiger partial charge in [-0.3, -0.25) is 0 Å². The van der Waals surface area contributed by atoms with E-state index in [-0.39, 0.29) is 0 Å². The van der Waals surface area contributed by atoms with E-state index in [2.05, 4.69) is 25.8 Å². The summed E-state index contributed by atoms with van der Waals surface area (Å²) in [6, 6.07) is 0.778. The van der Waals surface area contributed by atoms with Gasteiger partial charge in [0.2, 0.25) is 0 Å². The largest absolute Gasteiger partial charge is 0.382 e. The summed E-state index contributed by atoms with van der Waals surface area (Å²) in [7, 11) is 4.13. The van der Waals surface area contributed by atoms with E-state index in [0.29, 0.717) is 6.61 Å². The fourth-order valence-corrected chi connectivity index (χ4v) is 6.02. The molecule has 0 aromatic carbocycles. The quantitative estimate of drug-likeness (QED) is 0.0711. The number of nitrogens with zero attached hydrogens (tertiary/aromatic N) is 1. The van der Waals surface area contributed by atoms with Crippen LogP contribution in [-0.4, -0.2) is 51.5 Å². The van der Waals surface area contributed by atoms with Crippen LogP contribution in [0.1, 0.15) is 194 Å². The van der Waals surface area contributed by atoms with Gasteiger partial charge in [0.05, 0.1) is 13.2 Å². The monoisotopic (exact) mass is 568 g/mol. The fourth-order valence-electron chi connectivity index (χ4n) is 6.02. The van der Waals surface area contributed by atoms with Crippen LogP contribution in [0.15, 0.2) is 0 Å². The van der Waals surface area contributed by atoms with Crippen molar-refractivity contribution in [2.24, 2.45) is 0 Å². The van der Waals surface area contributed by atoms with Crippen LogP contribution >= 0.6 is 0 Å². The molecule has 0 unspecified atom stereocenters. The molecule has 0 fully saturated rings. The predicted molar refractivity (Wildman–Crippen MR) is 180 cm³/mol. The van der Waals surface area contributed by atoms with Gasteiger partial charge in [0.25, 0.3) is 0 Å². The summed E-state index contributed by atoms with van der Waals surface area (Å²) < 4.78 is 10.7. The van der Waals surface area contributed by atoms with Crippen molar-refractivity contribution in [3.05, 3.63) is 0 Å². The minimum absolute atomic E-state index is 0.708. The van der Waals surface area contributed by atoms with Crippen molar-refractivity contribution >= 4 is 0 Å². The first-order valence-corrected chi connectivity index (χ1v) is 18.5. The Labute approximate surface area is 254 Å². The minimum Gasteiger partial charge on any atom is -0.382 e. The highest BCUT2D eigenvalue weighted by molar-refractivity contribution is 4.70. The second-order valence-corrected chi connectivity index (χ2v) is 12.8. The van der Waals surface area contributed by atoms with Crippen LogP contribution in [0.5, 0.6) is 0 Å². The van der Waals surface area contributed by atoms with Crippen molar-refractivity contribution in [2.45, 2.75) is 200 Å². The SMILES string of the molecule is CCCCCCCCCCCCCCC(CCCCCCCCCCCCCC)N(C)CCCCOCCOC. The van der Waals surface area contributed by atoms with E-state index in [1.165, 1.54) is 180 Å². The summed E-state index contributed by atoms with van der Waals surface area (Å²) in [5.41, 5.74) is 0. The smallest absolute Gasteiger partial charge is 0.0700 e. The van der Waals surface area contributed by atoms with E-state index in [9.17, 15) is 0 Å². The lowest BCUT2D eigenvalue weighted by atomic mass is 9.98. The average molecular weight is 568 g/mol. The Morgan fingerprint density at radius 2 is 0.800 bits per heavy atom. The molecule has 0 aromatic heterocycles. The number of rotatable bonds is 35. The zero-order chi connectivity index (χ0) is 29.2. The van der Waals surface area contributed by atoms with Gasteiger partial charge in [-0.15, -0.1) is 0 Å². The highest BCUT2D eigenvalue weighted by Gasteiger charge is 2.14. The number of unbranched alkanes of at least 4 members (excludes halogenated alkanes) is 23. The molecule has 0 aromatic rings. The Morgan fingerprint density at radius 3 is 1.18 bits per heavy atom. The Hall–Kier alpha value is -0.120. The summed E-state index contributed by atoms with van der Waals surface area (Å²) in [4.78, 5) is 2.69. The van der Waals surface area contributed by atoms with Gasteiger partial charge in [0.15, 0.2) is 0 Å². The van der Waals surface area contributed by atoms with E-state index < -0.39 is 0 Å². The van der Waals surface area contributed by atoms with Crippen molar-refractivity contribution < 1.29 is 9.47 Å². The lowest BCUT2D eigenvalue weighted by molar-refractivity contribution is 0.0672. The molecule has 0 saturated heterocycles. The van der Waals surface area contributed by atoms with Crippen LogP contribution < -0.4 is 0 Å². The van der Waals surface area contributed by atoms with Crippen molar-refractivity contribution in [1.29, 1.82) is 0 Å². The van der Waals surface area contributed by atoms with Gasteiger partial charge in [-0.25, -0.2) is 0 Å². The second-order valence-electron chi connectivity index (χ2n) is 12.8. The Kier molecular flexibility index (Phi) is 35.0. The van der Waals surface area contributed by atoms with E-state index in [0.717, 1.165) is 25.7 Å². The molecule has 3 nitrogen and oxygen atoms in total. The molecule has 0 aliphatic carbocycles. The van der Waals surface area contributed by atoms with Gasteiger partial charge in [-0.1, -0.05) is 168 Å². The third-order valence-electron chi connectivity index (χ3n) is 8.89. The maximum absolute atomic E-state index is 5.67. The van der Waals surface area contributed by atoms with Crippen LogP contribution in [0.2, 0.25) is 0 Å². The molecular weight excluding hydrogens is 490 g/mol. The molecule has 40 heavy (non-hydrogen) atoms. The normalized spacial score (nSPS) is 11.8. The maximum atomic E-state index is 5.67. The predicted octanol–water partition coefficient (Wildman–Crippen LogP) is 11.9. The highest BCUT2D eigenvalue weighted by atomic mass is 16.5. The summed E-state index contributed by atoms with van der Waals surface area (Å²) in [6.45, 7) is 8.14.